The summed E-state index contributed by atoms with van der Waals surface area (Å²) in [5, 5.41) is 0. The predicted molar refractivity (Wildman–Crippen MR) is 94.9 cm³/mol. The smallest absolute Gasteiger partial charge is 0.0708 e. The standard InChI is InChI=1S/C21H25N/c1-3-5-9-17-13-18-12-16(8-4-2)15-20(19(18)14-17)21-10-6-7-11-22-21/h6-7,10-12,14-15H,3-5,8-9,13H2,1-2H3. The zero-order chi connectivity index (χ0) is 15.4. The van der Waals surface area contributed by atoms with Gasteiger partial charge in [0.2, 0.25) is 0 Å². The van der Waals surface area contributed by atoms with Gasteiger partial charge in [-0.1, -0.05) is 50.5 Å². The summed E-state index contributed by atoms with van der Waals surface area (Å²) >= 11 is 0. The van der Waals surface area contributed by atoms with E-state index in [0.29, 0.717) is 0 Å². The van der Waals surface area contributed by atoms with E-state index >= 15 is 0 Å². The summed E-state index contributed by atoms with van der Waals surface area (Å²) in [6.07, 6.45) is 11.6. The van der Waals surface area contributed by atoms with Crippen LogP contribution in [0.25, 0.3) is 17.3 Å². The Hall–Kier alpha value is -1.89. The molecule has 3 rings (SSSR count). The van der Waals surface area contributed by atoms with Gasteiger partial charge in [-0.2, -0.15) is 0 Å². The average Bonchev–Trinajstić information content (AvgIpc) is 2.96. The highest BCUT2D eigenvalue weighted by Gasteiger charge is 2.18. The molecule has 0 atom stereocenters. The van der Waals surface area contributed by atoms with E-state index in [2.05, 4.69) is 49.2 Å². The fourth-order valence-electron chi connectivity index (χ4n) is 3.33. The van der Waals surface area contributed by atoms with E-state index < -0.39 is 0 Å². The molecule has 114 valence electrons. The minimum absolute atomic E-state index is 1.10. The van der Waals surface area contributed by atoms with Crippen LogP contribution in [0.1, 0.15) is 56.2 Å². The highest BCUT2D eigenvalue weighted by atomic mass is 14.7. The third-order valence-corrected chi connectivity index (χ3v) is 4.42. The van der Waals surface area contributed by atoms with Crippen molar-refractivity contribution in [3.63, 3.8) is 0 Å². The zero-order valence-corrected chi connectivity index (χ0v) is 13.7. The van der Waals surface area contributed by atoms with E-state index in [0.717, 1.165) is 18.5 Å². The molecule has 0 fully saturated rings. The van der Waals surface area contributed by atoms with Gasteiger partial charge in [-0.3, -0.25) is 4.98 Å². The molecule has 0 saturated heterocycles. The summed E-state index contributed by atoms with van der Waals surface area (Å²) in [6.45, 7) is 4.51. The van der Waals surface area contributed by atoms with Crippen LogP contribution < -0.4 is 0 Å². The second-order valence-corrected chi connectivity index (χ2v) is 6.26. The van der Waals surface area contributed by atoms with Crippen molar-refractivity contribution in [1.82, 2.24) is 4.98 Å². The van der Waals surface area contributed by atoms with Gasteiger partial charge in [-0.25, -0.2) is 0 Å². The van der Waals surface area contributed by atoms with E-state index in [4.69, 9.17) is 0 Å². The average molecular weight is 291 g/mol. The SMILES string of the molecule is CCCCC1=Cc2c(cc(CCC)cc2-c2ccccn2)C1. The normalized spacial score (nSPS) is 13.1. The molecule has 0 bridgehead atoms. The molecule has 0 unspecified atom stereocenters. The lowest BCUT2D eigenvalue weighted by atomic mass is 9.95. The summed E-state index contributed by atoms with van der Waals surface area (Å²) < 4.78 is 0. The molecule has 1 aromatic heterocycles. The highest BCUT2D eigenvalue weighted by molar-refractivity contribution is 5.80. The molecular formula is C21H25N. The van der Waals surface area contributed by atoms with Crippen molar-refractivity contribution in [2.24, 2.45) is 0 Å². The number of benzene rings is 1. The fourth-order valence-corrected chi connectivity index (χ4v) is 3.33. The Morgan fingerprint density at radius 3 is 2.68 bits per heavy atom. The Labute approximate surface area is 134 Å². The summed E-state index contributed by atoms with van der Waals surface area (Å²) in [5.74, 6) is 0. The number of pyridine rings is 1. The van der Waals surface area contributed by atoms with Gasteiger partial charge in [0.1, 0.15) is 0 Å². The first-order valence-electron chi connectivity index (χ1n) is 8.58. The first-order valence-corrected chi connectivity index (χ1v) is 8.58. The van der Waals surface area contributed by atoms with Crippen LogP contribution in [0.4, 0.5) is 0 Å². The number of fused-ring (bicyclic) bond motifs is 1. The van der Waals surface area contributed by atoms with Crippen LogP contribution in [0.5, 0.6) is 0 Å². The third kappa shape index (κ3) is 3.14. The van der Waals surface area contributed by atoms with Crippen LogP contribution in [0.15, 0.2) is 42.1 Å². The van der Waals surface area contributed by atoms with Crippen LogP contribution in [0.3, 0.4) is 0 Å². The maximum atomic E-state index is 4.59. The second-order valence-electron chi connectivity index (χ2n) is 6.26. The molecule has 2 aromatic rings. The van der Waals surface area contributed by atoms with Crippen molar-refractivity contribution in [2.75, 3.05) is 0 Å². The van der Waals surface area contributed by atoms with Gasteiger partial charge < -0.3 is 0 Å². The lowest BCUT2D eigenvalue weighted by molar-refractivity contribution is 0.779. The largest absolute Gasteiger partial charge is 0.256 e. The van der Waals surface area contributed by atoms with Crippen molar-refractivity contribution in [3.8, 4) is 11.3 Å². The van der Waals surface area contributed by atoms with Gasteiger partial charge in [0.05, 0.1) is 5.69 Å². The Bertz CT molecular complexity index is 668. The molecule has 0 aliphatic heterocycles. The second kappa shape index (κ2) is 6.91. The molecule has 0 spiro atoms. The van der Waals surface area contributed by atoms with Crippen molar-refractivity contribution in [3.05, 3.63) is 58.8 Å². The molecule has 0 N–H and O–H groups in total. The van der Waals surface area contributed by atoms with Gasteiger partial charge >= 0.3 is 0 Å². The molecular weight excluding hydrogens is 266 g/mol. The lowest BCUT2D eigenvalue weighted by Crippen LogP contribution is -1.94. The van der Waals surface area contributed by atoms with Gasteiger partial charge in [0, 0.05) is 11.8 Å². The maximum Gasteiger partial charge on any atom is 0.0708 e. The molecule has 1 heteroatoms. The van der Waals surface area contributed by atoms with E-state index in [1.54, 1.807) is 5.57 Å². The molecule has 22 heavy (non-hydrogen) atoms. The van der Waals surface area contributed by atoms with Crippen LogP contribution in [0.2, 0.25) is 0 Å². The lowest BCUT2D eigenvalue weighted by Gasteiger charge is -2.11. The molecule has 0 radical (unpaired) electrons. The third-order valence-electron chi connectivity index (χ3n) is 4.42. The summed E-state index contributed by atoms with van der Waals surface area (Å²) in [4.78, 5) is 4.59. The summed E-state index contributed by atoms with van der Waals surface area (Å²) in [5.41, 5.74) is 8.36. The monoisotopic (exact) mass is 291 g/mol. The van der Waals surface area contributed by atoms with Gasteiger partial charge in [0.25, 0.3) is 0 Å². The predicted octanol–water partition coefficient (Wildman–Crippen LogP) is 5.83. The number of rotatable bonds is 6. The topological polar surface area (TPSA) is 12.9 Å². The number of unbranched alkanes of at least 4 members (excludes halogenated alkanes) is 1. The Balaban J connectivity index is 2.02. The molecule has 1 aliphatic carbocycles. The summed E-state index contributed by atoms with van der Waals surface area (Å²) in [6, 6.07) is 11.0. The minimum atomic E-state index is 1.10. The highest BCUT2D eigenvalue weighted by Crippen LogP contribution is 2.36. The number of nitrogens with zero attached hydrogens (tertiary/aromatic N) is 1. The van der Waals surface area contributed by atoms with Crippen LogP contribution in [-0.2, 0) is 12.8 Å². The Morgan fingerprint density at radius 1 is 1.05 bits per heavy atom. The number of aromatic nitrogens is 1. The van der Waals surface area contributed by atoms with Crippen LogP contribution in [-0.4, -0.2) is 4.98 Å². The Kier molecular flexibility index (Phi) is 4.72. The summed E-state index contributed by atoms with van der Waals surface area (Å²) in [7, 11) is 0. The van der Waals surface area contributed by atoms with Crippen LogP contribution >= 0.6 is 0 Å². The van der Waals surface area contributed by atoms with Gasteiger partial charge in [0.15, 0.2) is 0 Å². The van der Waals surface area contributed by atoms with Crippen molar-refractivity contribution >= 4 is 6.08 Å². The quantitative estimate of drug-likeness (QED) is 0.652. The van der Waals surface area contributed by atoms with Crippen molar-refractivity contribution in [1.29, 1.82) is 0 Å². The molecule has 0 amide bonds. The number of hydrogen-bond donors (Lipinski definition) is 0. The Morgan fingerprint density at radius 2 is 1.95 bits per heavy atom. The van der Waals surface area contributed by atoms with E-state index in [1.807, 2.05) is 12.3 Å². The van der Waals surface area contributed by atoms with Crippen LogP contribution in [0, 0.1) is 0 Å². The molecule has 1 heterocycles. The molecule has 1 aliphatic rings. The molecule has 1 aromatic carbocycles. The molecule has 1 nitrogen and oxygen atoms in total. The van der Waals surface area contributed by atoms with E-state index in [1.165, 1.54) is 47.9 Å². The number of hydrogen-bond acceptors (Lipinski definition) is 1. The van der Waals surface area contributed by atoms with Gasteiger partial charge in [-0.15, -0.1) is 0 Å². The number of aryl methyl sites for hydroxylation is 1. The molecule has 0 saturated carbocycles. The fraction of sp³-hybridized carbons (Fsp3) is 0.381. The zero-order valence-electron chi connectivity index (χ0n) is 13.7. The first-order chi connectivity index (χ1) is 10.8. The van der Waals surface area contributed by atoms with E-state index in [-0.39, 0.29) is 0 Å². The minimum Gasteiger partial charge on any atom is -0.256 e. The maximum absolute atomic E-state index is 4.59. The number of allylic oxidation sites excluding steroid dienone is 1. The van der Waals surface area contributed by atoms with Crippen molar-refractivity contribution < 1.29 is 0 Å². The van der Waals surface area contributed by atoms with E-state index in [9.17, 15) is 0 Å². The first kappa shape index (κ1) is 15.0. The van der Waals surface area contributed by atoms with Crippen molar-refractivity contribution in [2.45, 2.75) is 52.4 Å². The van der Waals surface area contributed by atoms with Gasteiger partial charge in [-0.05, 0) is 60.6 Å².